The molecule has 0 saturated heterocycles. The number of aromatic nitrogens is 2. The predicted molar refractivity (Wildman–Crippen MR) is 86.9 cm³/mol. The monoisotopic (exact) mass is 350 g/mol. The molecule has 0 bridgehead atoms. The van der Waals surface area contributed by atoms with E-state index in [4.69, 9.17) is 4.42 Å². The van der Waals surface area contributed by atoms with Gasteiger partial charge in [0.1, 0.15) is 5.52 Å². The maximum atomic E-state index is 11.8. The maximum Gasteiger partial charge on any atom is 0.271 e. The van der Waals surface area contributed by atoms with Crippen molar-refractivity contribution < 1.29 is 14.1 Å². The van der Waals surface area contributed by atoms with Gasteiger partial charge in [-0.1, -0.05) is 11.8 Å². The number of thiazole rings is 1. The molecule has 118 valence electrons. The van der Waals surface area contributed by atoms with Gasteiger partial charge in [-0.3, -0.25) is 14.9 Å². The molecule has 8 nitrogen and oxygen atoms in total. The zero-order valence-electron chi connectivity index (χ0n) is 11.8. The van der Waals surface area contributed by atoms with E-state index in [9.17, 15) is 14.9 Å². The van der Waals surface area contributed by atoms with Gasteiger partial charge >= 0.3 is 0 Å². The molecule has 2 heterocycles. The standard InChI is InChI=1S/C13H10N4O4S2/c1-7-5-22-12(14-7)16-11(18)6-23-13-15-9-4-8(17(19)20)2-3-10(9)21-13/h2-5H,6H2,1H3,(H,14,16,18). The number of aryl methyl sites for hydroxylation is 1. The number of benzene rings is 1. The molecule has 23 heavy (non-hydrogen) atoms. The van der Waals surface area contributed by atoms with Crippen LogP contribution in [0.1, 0.15) is 5.69 Å². The Morgan fingerprint density at radius 2 is 2.30 bits per heavy atom. The van der Waals surface area contributed by atoms with Gasteiger partial charge in [0.25, 0.3) is 10.9 Å². The van der Waals surface area contributed by atoms with Gasteiger partial charge in [-0.25, -0.2) is 9.97 Å². The summed E-state index contributed by atoms with van der Waals surface area (Å²) in [5, 5.41) is 16.1. The first-order chi connectivity index (χ1) is 11.0. The van der Waals surface area contributed by atoms with Crippen molar-refractivity contribution in [1.82, 2.24) is 9.97 Å². The molecule has 0 aliphatic carbocycles. The largest absolute Gasteiger partial charge is 0.431 e. The second-order valence-corrected chi connectivity index (χ2v) is 6.30. The molecule has 0 aliphatic rings. The summed E-state index contributed by atoms with van der Waals surface area (Å²) in [5.41, 5.74) is 1.62. The Labute approximate surface area is 138 Å². The van der Waals surface area contributed by atoms with Crippen LogP contribution in [0.3, 0.4) is 0 Å². The highest BCUT2D eigenvalue weighted by atomic mass is 32.2. The lowest BCUT2D eigenvalue weighted by atomic mass is 10.3. The fraction of sp³-hybridized carbons (Fsp3) is 0.154. The van der Waals surface area contributed by atoms with Crippen molar-refractivity contribution in [3.8, 4) is 0 Å². The molecule has 3 aromatic rings. The predicted octanol–water partition coefficient (Wildman–Crippen LogP) is 3.23. The van der Waals surface area contributed by atoms with E-state index in [1.54, 1.807) is 0 Å². The number of hydrogen-bond acceptors (Lipinski definition) is 8. The minimum absolute atomic E-state index is 0.0563. The highest BCUT2D eigenvalue weighted by Crippen LogP contribution is 2.26. The summed E-state index contributed by atoms with van der Waals surface area (Å²) >= 11 is 2.46. The van der Waals surface area contributed by atoms with Crippen molar-refractivity contribution in [3.63, 3.8) is 0 Å². The molecular formula is C13H10N4O4S2. The average molecular weight is 350 g/mol. The number of non-ortho nitro benzene ring substituents is 1. The van der Waals surface area contributed by atoms with Crippen LogP contribution < -0.4 is 5.32 Å². The number of nitrogens with one attached hydrogen (secondary N) is 1. The summed E-state index contributed by atoms with van der Waals surface area (Å²) in [6.07, 6.45) is 0. The second kappa shape index (κ2) is 6.34. The van der Waals surface area contributed by atoms with E-state index in [1.165, 1.54) is 29.5 Å². The van der Waals surface area contributed by atoms with E-state index in [0.717, 1.165) is 17.5 Å². The fourth-order valence-electron chi connectivity index (χ4n) is 1.76. The van der Waals surface area contributed by atoms with Crippen LogP contribution >= 0.6 is 23.1 Å². The van der Waals surface area contributed by atoms with Gasteiger partial charge < -0.3 is 9.73 Å². The molecule has 0 unspecified atom stereocenters. The van der Waals surface area contributed by atoms with Gasteiger partial charge in [0.05, 0.1) is 16.4 Å². The third-order valence-corrected chi connectivity index (χ3v) is 4.46. The van der Waals surface area contributed by atoms with E-state index >= 15 is 0 Å². The van der Waals surface area contributed by atoms with Crippen LogP contribution in [0.15, 0.2) is 33.2 Å². The quantitative estimate of drug-likeness (QED) is 0.427. The Bertz CT molecular complexity index is 889. The van der Waals surface area contributed by atoms with Crippen molar-refractivity contribution in [1.29, 1.82) is 0 Å². The fourth-order valence-corrected chi connectivity index (χ4v) is 3.11. The summed E-state index contributed by atoms with van der Waals surface area (Å²) in [4.78, 5) is 30.3. The SMILES string of the molecule is Cc1csc(NC(=O)CSc2nc3cc([N+](=O)[O-])ccc3o2)n1. The number of fused-ring (bicyclic) bond motifs is 1. The Morgan fingerprint density at radius 3 is 3.00 bits per heavy atom. The van der Waals surface area contributed by atoms with Gasteiger partial charge in [0.2, 0.25) is 5.91 Å². The highest BCUT2D eigenvalue weighted by molar-refractivity contribution is 7.99. The number of carbonyl (C=O) groups is 1. The Kier molecular flexibility index (Phi) is 4.26. The van der Waals surface area contributed by atoms with Crippen LogP contribution in [-0.4, -0.2) is 26.6 Å². The highest BCUT2D eigenvalue weighted by Gasteiger charge is 2.13. The first kappa shape index (κ1) is 15.4. The van der Waals surface area contributed by atoms with Gasteiger partial charge in [-0.2, -0.15) is 0 Å². The third kappa shape index (κ3) is 3.66. The van der Waals surface area contributed by atoms with Crippen LogP contribution in [0, 0.1) is 17.0 Å². The maximum absolute atomic E-state index is 11.8. The Hall–Kier alpha value is -2.46. The molecule has 0 atom stereocenters. The lowest BCUT2D eigenvalue weighted by Gasteiger charge is -1.98. The lowest BCUT2D eigenvalue weighted by Crippen LogP contribution is -2.13. The topological polar surface area (TPSA) is 111 Å². The van der Waals surface area contributed by atoms with Crippen molar-refractivity contribution in [2.45, 2.75) is 12.1 Å². The first-order valence-corrected chi connectivity index (χ1v) is 8.27. The number of rotatable bonds is 5. The number of oxazole rings is 1. The smallest absolute Gasteiger partial charge is 0.271 e. The number of nitro groups is 1. The number of amides is 1. The first-order valence-electron chi connectivity index (χ1n) is 6.41. The second-order valence-electron chi connectivity index (χ2n) is 4.52. The zero-order valence-corrected chi connectivity index (χ0v) is 13.4. The van der Waals surface area contributed by atoms with Gasteiger partial charge in [-0.15, -0.1) is 11.3 Å². The molecular weight excluding hydrogens is 340 g/mol. The van der Waals surface area contributed by atoms with Crippen molar-refractivity contribution in [2.75, 3.05) is 11.1 Å². The normalized spacial score (nSPS) is 10.8. The number of nitrogens with zero attached hydrogens (tertiary/aromatic N) is 3. The van der Waals surface area contributed by atoms with Crippen LogP contribution in [0.4, 0.5) is 10.8 Å². The number of hydrogen-bond donors (Lipinski definition) is 1. The zero-order chi connectivity index (χ0) is 16.4. The number of carbonyl (C=O) groups excluding carboxylic acids is 1. The molecule has 0 aliphatic heterocycles. The van der Waals surface area contributed by atoms with E-state index in [2.05, 4.69) is 15.3 Å². The molecule has 1 amide bonds. The summed E-state index contributed by atoms with van der Waals surface area (Å²) < 4.78 is 5.44. The molecule has 10 heteroatoms. The van der Waals surface area contributed by atoms with Crippen LogP contribution in [0.5, 0.6) is 0 Å². The third-order valence-electron chi connectivity index (χ3n) is 2.75. The van der Waals surface area contributed by atoms with Gasteiger partial charge in [0, 0.05) is 17.5 Å². The van der Waals surface area contributed by atoms with E-state index in [0.29, 0.717) is 16.2 Å². The summed E-state index contributed by atoms with van der Waals surface area (Å²) in [5.74, 6) is -0.120. The molecule has 0 radical (unpaired) electrons. The lowest BCUT2D eigenvalue weighted by molar-refractivity contribution is -0.384. The average Bonchev–Trinajstić information content (AvgIpc) is 3.09. The minimum Gasteiger partial charge on any atom is -0.431 e. The molecule has 0 saturated carbocycles. The van der Waals surface area contributed by atoms with Crippen molar-refractivity contribution in [2.24, 2.45) is 0 Å². The number of thioether (sulfide) groups is 1. The molecule has 3 rings (SSSR count). The van der Waals surface area contributed by atoms with E-state index in [1.807, 2.05) is 12.3 Å². The molecule has 2 aromatic heterocycles. The van der Waals surface area contributed by atoms with E-state index < -0.39 is 4.92 Å². The number of nitro benzene ring substituents is 1. The van der Waals surface area contributed by atoms with Crippen LogP contribution in [-0.2, 0) is 4.79 Å². The van der Waals surface area contributed by atoms with Crippen LogP contribution in [0.2, 0.25) is 0 Å². The summed E-state index contributed by atoms with van der Waals surface area (Å²) in [6, 6.07) is 4.17. The van der Waals surface area contributed by atoms with Crippen molar-refractivity contribution >= 4 is 50.9 Å². The van der Waals surface area contributed by atoms with E-state index in [-0.39, 0.29) is 22.6 Å². The summed E-state index contributed by atoms with van der Waals surface area (Å²) in [6.45, 7) is 1.85. The molecule has 0 fully saturated rings. The Balaban J connectivity index is 1.64. The van der Waals surface area contributed by atoms with Gasteiger partial charge in [-0.05, 0) is 13.0 Å². The Morgan fingerprint density at radius 1 is 1.48 bits per heavy atom. The number of anilines is 1. The molecule has 1 aromatic carbocycles. The van der Waals surface area contributed by atoms with Gasteiger partial charge in [0.15, 0.2) is 10.7 Å². The molecule has 0 spiro atoms. The minimum atomic E-state index is -0.496. The summed E-state index contributed by atoms with van der Waals surface area (Å²) in [7, 11) is 0. The van der Waals surface area contributed by atoms with Crippen molar-refractivity contribution in [3.05, 3.63) is 39.4 Å². The molecule has 1 N–H and O–H groups in total. The van der Waals surface area contributed by atoms with Crippen LogP contribution in [0.25, 0.3) is 11.1 Å².